The van der Waals surface area contributed by atoms with Crippen molar-refractivity contribution in [3.8, 4) is 0 Å². The van der Waals surface area contributed by atoms with Crippen LogP contribution < -0.4 is 5.32 Å². The Labute approximate surface area is 182 Å². The van der Waals surface area contributed by atoms with Gasteiger partial charge in [0.2, 0.25) is 10.0 Å². The van der Waals surface area contributed by atoms with Crippen LogP contribution in [0.4, 0.5) is 5.69 Å². The molecule has 1 heterocycles. The second-order valence-electron chi connectivity index (χ2n) is 7.34. The number of piperidine rings is 1. The van der Waals surface area contributed by atoms with Gasteiger partial charge in [-0.1, -0.05) is 42.8 Å². The van der Waals surface area contributed by atoms with E-state index in [0.717, 1.165) is 24.8 Å². The van der Waals surface area contributed by atoms with E-state index in [9.17, 15) is 18.0 Å². The van der Waals surface area contributed by atoms with Gasteiger partial charge in [0.05, 0.1) is 4.90 Å². The Hall–Kier alpha value is -2.97. The van der Waals surface area contributed by atoms with E-state index in [-0.39, 0.29) is 4.90 Å². The van der Waals surface area contributed by atoms with Gasteiger partial charge in [-0.25, -0.2) is 13.2 Å². The molecule has 31 heavy (non-hydrogen) atoms. The Morgan fingerprint density at radius 1 is 1.06 bits per heavy atom. The predicted molar refractivity (Wildman–Crippen MR) is 119 cm³/mol. The number of nitrogens with zero attached hydrogens (tertiary/aromatic N) is 1. The summed E-state index contributed by atoms with van der Waals surface area (Å²) >= 11 is 0. The van der Waals surface area contributed by atoms with Crippen molar-refractivity contribution in [2.75, 3.05) is 25.0 Å². The number of amides is 1. The highest BCUT2D eigenvalue weighted by molar-refractivity contribution is 7.89. The number of ether oxygens (including phenoxy) is 1. The fourth-order valence-corrected chi connectivity index (χ4v) is 5.08. The van der Waals surface area contributed by atoms with Crippen LogP contribution in [0.3, 0.4) is 0 Å². The van der Waals surface area contributed by atoms with Crippen LogP contribution >= 0.6 is 0 Å². The van der Waals surface area contributed by atoms with Gasteiger partial charge < -0.3 is 10.1 Å². The normalized spacial score (nSPS) is 15.0. The molecule has 164 valence electrons. The van der Waals surface area contributed by atoms with Gasteiger partial charge in [0.15, 0.2) is 6.61 Å². The Morgan fingerprint density at radius 3 is 2.48 bits per heavy atom. The van der Waals surface area contributed by atoms with Crippen molar-refractivity contribution in [2.45, 2.75) is 31.1 Å². The Kier molecular flexibility index (Phi) is 7.59. The lowest BCUT2D eigenvalue weighted by Crippen LogP contribution is -2.36. The summed E-state index contributed by atoms with van der Waals surface area (Å²) in [6, 6.07) is 14.0. The fraction of sp³-hybridized carbons (Fsp3) is 0.304. The molecule has 0 atom stereocenters. The molecular formula is C23H26N2O5S. The molecule has 8 heteroatoms. The smallest absolute Gasteiger partial charge is 0.331 e. The van der Waals surface area contributed by atoms with Crippen LogP contribution in [0, 0.1) is 6.92 Å². The summed E-state index contributed by atoms with van der Waals surface area (Å²) in [6.45, 7) is 2.26. The van der Waals surface area contributed by atoms with Gasteiger partial charge in [-0.15, -0.1) is 0 Å². The maximum atomic E-state index is 13.0. The monoisotopic (exact) mass is 442 g/mol. The topological polar surface area (TPSA) is 92.8 Å². The molecule has 1 amide bonds. The summed E-state index contributed by atoms with van der Waals surface area (Å²) in [5, 5.41) is 2.59. The van der Waals surface area contributed by atoms with E-state index >= 15 is 0 Å². The zero-order valence-electron chi connectivity index (χ0n) is 17.4. The van der Waals surface area contributed by atoms with Gasteiger partial charge in [0.25, 0.3) is 5.91 Å². The summed E-state index contributed by atoms with van der Waals surface area (Å²) < 4.78 is 32.4. The molecule has 3 rings (SSSR count). The number of nitrogens with one attached hydrogen (secondary N) is 1. The molecule has 1 aliphatic rings. The van der Waals surface area contributed by atoms with E-state index in [1.807, 2.05) is 30.3 Å². The number of sulfonamides is 1. The third-order valence-corrected chi connectivity index (χ3v) is 7.00. The Balaban J connectivity index is 1.59. The van der Waals surface area contributed by atoms with E-state index in [1.54, 1.807) is 25.1 Å². The molecule has 2 aromatic carbocycles. The number of benzene rings is 2. The summed E-state index contributed by atoms with van der Waals surface area (Å²) in [7, 11) is -3.62. The zero-order valence-corrected chi connectivity index (χ0v) is 18.2. The molecule has 7 nitrogen and oxygen atoms in total. The van der Waals surface area contributed by atoms with Crippen LogP contribution in [-0.2, 0) is 24.3 Å². The average Bonchev–Trinajstić information content (AvgIpc) is 2.78. The molecule has 1 fully saturated rings. The summed E-state index contributed by atoms with van der Waals surface area (Å²) in [5.74, 6) is -1.19. The van der Waals surface area contributed by atoms with Crippen LogP contribution in [0.2, 0.25) is 0 Å². The quantitative estimate of drug-likeness (QED) is 0.524. The highest BCUT2D eigenvalue weighted by Crippen LogP contribution is 2.26. The molecule has 0 aliphatic carbocycles. The first-order chi connectivity index (χ1) is 14.9. The third kappa shape index (κ3) is 6.26. The summed E-state index contributed by atoms with van der Waals surface area (Å²) in [6.07, 6.45) is 5.56. The maximum Gasteiger partial charge on any atom is 0.331 e. The van der Waals surface area contributed by atoms with Crippen molar-refractivity contribution in [3.63, 3.8) is 0 Å². The number of rotatable bonds is 7. The van der Waals surface area contributed by atoms with Gasteiger partial charge in [-0.05, 0) is 49.1 Å². The van der Waals surface area contributed by atoms with Crippen molar-refractivity contribution in [3.05, 3.63) is 65.7 Å². The van der Waals surface area contributed by atoms with Crippen LogP contribution in [0.5, 0.6) is 0 Å². The van der Waals surface area contributed by atoms with E-state index in [4.69, 9.17) is 4.74 Å². The molecule has 1 saturated heterocycles. The first-order valence-corrected chi connectivity index (χ1v) is 11.6. The molecule has 0 bridgehead atoms. The minimum atomic E-state index is -3.62. The number of esters is 1. The molecule has 2 aromatic rings. The summed E-state index contributed by atoms with van der Waals surface area (Å²) in [5.41, 5.74) is 1.79. The molecular weight excluding hydrogens is 416 g/mol. The van der Waals surface area contributed by atoms with Gasteiger partial charge in [-0.3, -0.25) is 4.79 Å². The van der Waals surface area contributed by atoms with E-state index in [1.165, 1.54) is 16.4 Å². The number of hydrogen-bond acceptors (Lipinski definition) is 5. The van der Waals surface area contributed by atoms with Crippen LogP contribution in [-0.4, -0.2) is 44.3 Å². The number of hydrogen-bond donors (Lipinski definition) is 1. The predicted octanol–water partition coefficient (Wildman–Crippen LogP) is 3.36. The lowest BCUT2D eigenvalue weighted by Gasteiger charge is -2.26. The largest absolute Gasteiger partial charge is 0.452 e. The van der Waals surface area contributed by atoms with Crippen LogP contribution in [0.1, 0.15) is 30.4 Å². The first kappa shape index (κ1) is 22.7. The lowest BCUT2D eigenvalue weighted by molar-refractivity contribution is -0.142. The number of aryl methyl sites for hydroxylation is 1. The summed E-state index contributed by atoms with van der Waals surface area (Å²) in [4.78, 5) is 24.1. The van der Waals surface area contributed by atoms with E-state index in [2.05, 4.69) is 5.32 Å². The molecule has 0 aromatic heterocycles. The third-order valence-electron chi connectivity index (χ3n) is 4.96. The Morgan fingerprint density at radius 2 is 1.77 bits per heavy atom. The minimum absolute atomic E-state index is 0.176. The molecule has 0 spiro atoms. The van der Waals surface area contributed by atoms with E-state index < -0.39 is 28.5 Å². The SMILES string of the molecule is Cc1ccc(NC(=O)COC(=O)C=Cc2ccccc2)cc1S(=O)(=O)N1CCCCC1. The van der Waals surface area contributed by atoms with Crippen molar-refractivity contribution >= 4 is 33.7 Å². The molecule has 0 radical (unpaired) electrons. The minimum Gasteiger partial charge on any atom is -0.452 e. The van der Waals surface area contributed by atoms with Crippen LogP contribution in [0.25, 0.3) is 6.08 Å². The standard InChI is InChI=1S/C23H26N2O5S/c1-18-10-12-20(16-21(18)31(28,29)25-14-6-3-7-15-25)24-22(26)17-30-23(27)13-11-19-8-4-2-5-9-19/h2,4-5,8-13,16H,3,6-7,14-15,17H2,1H3,(H,24,26). The highest BCUT2D eigenvalue weighted by atomic mass is 32.2. The molecule has 1 N–H and O–H groups in total. The van der Waals surface area contributed by atoms with Crippen molar-refractivity contribution in [1.29, 1.82) is 0 Å². The van der Waals surface area contributed by atoms with Gasteiger partial charge >= 0.3 is 5.97 Å². The second-order valence-corrected chi connectivity index (χ2v) is 9.25. The number of anilines is 1. The lowest BCUT2D eigenvalue weighted by atomic mass is 10.2. The fourth-order valence-electron chi connectivity index (χ4n) is 3.31. The Bertz CT molecular complexity index is 1060. The number of carbonyl (C=O) groups is 2. The van der Waals surface area contributed by atoms with Crippen molar-refractivity contribution < 1.29 is 22.7 Å². The average molecular weight is 443 g/mol. The number of carbonyl (C=O) groups excluding carboxylic acids is 2. The molecule has 1 aliphatic heterocycles. The first-order valence-electron chi connectivity index (χ1n) is 10.2. The van der Waals surface area contributed by atoms with E-state index in [0.29, 0.717) is 24.3 Å². The zero-order chi connectivity index (χ0) is 22.3. The second kappa shape index (κ2) is 10.4. The van der Waals surface area contributed by atoms with Crippen molar-refractivity contribution in [1.82, 2.24) is 4.31 Å². The highest BCUT2D eigenvalue weighted by Gasteiger charge is 2.27. The van der Waals surface area contributed by atoms with Crippen molar-refractivity contribution in [2.24, 2.45) is 0 Å². The van der Waals surface area contributed by atoms with Gasteiger partial charge in [0.1, 0.15) is 0 Å². The molecule has 0 unspecified atom stereocenters. The maximum absolute atomic E-state index is 13.0. The van der Waals surface area contributed by atoms with Gasteiger partial charge in [-0.2, -0.15) is 4.31 Å². The van der Waals surface area contributed by atoms with Crippen LogP contribution in [0.15, 0.2) is 59.5 Å². The van der Waals surface area contributed by atoms with Gasteiger partial charge in [0, 0.05) is 24.9 Å². The molecule has 0 saturated carbocycles.